The van der Waals surface area contributed by atoms with Crippen molar-refractivity contribution in [2.75, 3.05) is 19.6 Å². The molecule has 4 nitrogen and oxygen atoms in total. The number of para-hydroxylation sites is 1. The molecule has 2 heterocycles. The summed E-state index contributed by atoms with van der Waals surface area (Å²) in [5, 5.41) is 5.01. The van der Waals surface area contributed by atoms with Crippen LogP contribution in [0.2, 0.25) is 0 Å². The summed E-state index contributed by atoms with van der Waals surface area (Å²) in [6.07, 6.45) is 14.1. The van der Waals surface area contributed by atoms with Gasteiger partial charge in [0.05, 0.1) is 0 Å². The molecular formula is C26H35ClN4. The molecule has 0 radical (unpaired) electrons. The van der Waals surface area contributed by atoms with Crippen molar-refractivity contribution in [2.24, 2.45) is 17.6 Å². The normalized spacial score (nSPS) is 23.2. The van der Waals surface area contributed by atoms with Gasteiger partial charge >= 0.3 is 0 Å². The lowest BCUT2D eigenvalue weighted by Crippen LogP contribution is -2.21. The maximum atomic E-state index is 5.65. The molecule has 166 valence electrons. The first kappa shape index (κ1) is 22.3. The molecule has 3 N–H and O–H groups in total. The number of nitrogens with two attached hydrogens (primary N) is 1. The SMILES string of the molecule is Cl.NCCCNCCC(c1ccncc1)c1cn(C2CC3CCC2C3)c2ccccc12. The number of benzene rings is 1. The summed E-state index contributed by atoms with van der Waals surface area (Å²) in [4.78, 5) is 4.26. The van der Waals surface area contributed by atoms with Crippen molar-refractivity contribution in [3.63, 3.8) is 0 Å². The first-order valence-electron chi connectivity index (χ1n) is 11.8. The molecule has 2 fully saturated rings. The first-order chi connectivity index (χ1) is 14.8. The minimum Gasteiger partial charge on any atom is -0.344 e. The second kappa shape index (κ2) is 10.2. The standard InChI is InChI=1S/C26H34N4.ClH/c27-11-3-12-28-15-10-22(20-8-13-29-14-9-20)24-18-30(25-5-2-1-4-23(24)25)26-17-19-6-7-21(26)16-19;/h1-2,4-5,8-9,13-14,18-19,21-22,26,28H,3,6-7,10-12,15-17,27H2;1H. The molecule has 0 spiro atoms. The number of nitrogens with zero attached hydrogens (tertiary/aromatic N) is 2. The third kappa shape index (κ3) is 4.52. The smallest absolute Gasteiger partial charge is 0.0486 e. The highest BCUT2D eigenvalue weighted by atomic mass is 35.5. The van der Waals surface area contributed by atoms with Crippen LogP contribution in [-0.4, -0.2) is 29.2 Å². The number of hydrogen-bond donors (Lipinski definition) is 2. The summed E-state index contributed by atoms with van der Waals surface area (Å²) < 4.78 is 2.64. The predicted molar refractivity (Wildman–Crippen MR) is 131 cm³/mol. The van der Waals surface area contributed by atoms with E-state index in [2.05, 4.69) is 57.5 Å². The van der Waals surface area contributed by atoms with Crippen LogP contribution >= 0.6 is 12.4 Å². The average molecular weight is 439 g/mol. The minimum atomic E-state index is 0. The van der Waals surface area contributed by atoms with E-state index in [0.29, 0.717) is 12.0 Å². The van der Waals surface area contributed by atoms with Gasteiger partial charge in [-0.3, -0.25) is 4.98 Å². The fourth-order valence-electron chi connectivity index (χ4n) is 6.03. The van der Waals surface area contributed by atoms with Crippen molar-refractivity contribution >= 4 is 23.3 Å². The molecule has 31 heavy (non-hydrogen) atoms. The van der Waals surface area contributed by atoms with E-state index >= 15 is 0 Å². The quantitative estimate of drug-likeness (QED) is 0.447. The van der Waals surface area contributed by atoms with Crippen molar-refractivity contribution < 1.29 is 0 Å². The molecular weight excluding hydrogens is 404 g/mol. The van der Waals surface area contributed by atoms with Crippen LogP contribution in [-0.2, 0) is 0 Å². The zero-order chi connectivity index (χ0) is 20.3. The Bertz CT molecular complexity index is 970. The lowest BCUT2D eigenvalue weighted by molar-refractivity contribution is 0.336. The molecule has 3 aromatic rings. The molecule has 0 aliphatic heterocycles. The van der Waals surface area contributed by atoms with E-state index in [4.69, 9.17) is 5.73 Å². The summed E-state index contributed by atoms with van der Waals surface area (Å²) in [7, 11) is 0. The average Bonchev–Trinajstić information content (AvgIpc) is 3.51. The number of pyridine rings is 1. The van der Waals surface area contributed by atoms with Crippen LogP contribution in [0.15, 0.2) is 55.0 Å². The third-order valence-electron chi connectivity index (χ3n) is 7.48. The number of rotatable bonds is 9. The van der Waals surface area contributed by atoms with Gasteiger partial charge in [-0.15, -0.1) is 12.4 Å². The lowest BCUT2D eigenvalue weighted by Gasteiger charge is -2.24. The van der Waals surface area contributed by atoms with Crippen molar-refractivity contribution in [3.05, 3.63) is 66.1 Å². The number of aromatic nitrogens is 2. The molecule has 1 aromatic carbocycles. The highest BCUT2D eigenvalue weighted by molar-refractivity contribution is 5.85. The zero-order valence-corrected chi connectivity index (χ0v) is 19.1. The van der Waals surface area contributed by atoms with Crippen LogP contribution in [0.3, 0.4) is 0 Å². The van der Waals surface area contributed by atoms with Crippen LogP contribution in [0, 0.1) is 11.8 Å². The zero-order valence-electron chi connectivity index (χ0n) is 18.2. The van der Waals surface area contributed by atoms with Crippen molar-refractivity contribution in [1.29, 1.82) is 0 Å². The van der Waals surface area contributed by atoms with E-state index in [1.807, 2.05) is 12.4 Å². The molecule has 5 heteroatoms. The van der Waals surface area contributed by atoms with Crippen LogP contribution < -0.4 is 11.1 Å². The molecule has 2 saturated carbocycles. The highest BCUT2D eigenvalue weighted by Gasteiger charge is 2.41. The molecule has 4 atom stereocenters. The summed E-state index contributed by atoms with van der Waals surface area (Å²) in [6, 6.07) is 14.1. The Morgan fingerprint density at radius 1 is 1.06 bits per heavy atom. The Labute approximate surface area is 192 Å². The Hall–Kier alpha value is -1.88. The maximum Gasteiger partial charge on any atom is 0.0486 e. The van der Waals surface area contributed by atoms with Crippen molar-refractivity contribution in [3.8, 4) is 0 Å². The van der Waals surface area contributed by atoms with E-state index in [0.717, 1.165) is 44.3 Å². The molecule has 0 saturated heterocycles. The van der Waals surface area contributed by atoms with Crippen LogP contribution in [0.4, 0.5) is 0 Å². The Balaban J connectivity index is 0.00000231. The van der Waals surface area contributed by atoms with E-state index < -0.39 is 0 Å². The van der Waals surface area contributed by atoms with E-state index in [1.54, 1.807) is 0 Å². The number of fused-ring (bicyclic) bond motifs is 3. The van der Waals surface area contributed by atoms with Crippen molar-refractivity contribution in [2.45, 2.75) is 50.5 Å². The molecule has 4 unspecified atom stereocenters. The van der Waals surface area contributed by atoms with Gasteiger partial charge in [0.15, 0.2) is 0 Å². The Kier molecular flexibility index (Phi) is 7.31. The lowest BCUT2D eigenvalue weighted by atomic mass is 9.89. The first-order valence-corrected chi connectivity index (χ1v) is 11.8. The summed E-state index contributed by atoms with van der Waals surface area (Å²) in [6.45, 7) is 2.74. The third-order valence-corrected chi connectivity index (χ3v) is 7.48. The van der Waals surface area contributed by atoms with Gasteiger partial charge in [0.25, 0.3) is 0 Å². The second-order valence-electron chi connectivity index (χ2n) is 9.27. The van der Waals surface area contributed by atoms with E-state index in [-0.39, 0.29) is 12.4 Å². The highest BCUT2D eigenvalue weighted by Crippen LogP contribution is 2.52. The van der Waals surface area contributed by atoms with E-state index in [1.165, 1.54) is 47.7 Å². The monoisotopic (exact) mass is 438 g/mol. The predicted octanol–water partition coefficient (Wildman–Crippen LogP) is 5.28. The molecule has 0 amide bonds. The number of hydrogen-bond acceptors (Lipinski definition) is 3. The number of halogens is 1. The molecule has 2 aromatic heterocycles. The summed E-state index contributed by atoms with van der Waals surface area (Å²) >= 11 is 0. The maximum absolute atomic E-state index is 5.65. The van der Waals surface area contributed by atoms with Gasteiger partial charge in [-0.25, -0.2) is 0 Å². The van der Waals surface area contributed by atoms with Gasteiger partial charge < -0.3 is 15.6 Å². The summed E-state index contributed by atoms with van der Waals surface area (Å²) in [5.41, 5.74) is 9.91. The van der Waals surface area contributed by atoms with Gasteiger partial charge in [0, 0.05) is 41.5 Å². The van der Waals surface area contributed by atoms with Crippen LogP contribution in [0.1, 0.15) is 61.6 Å². The van der Waals surface area contributed by atoms with Crippen molar-refractivity contribution in [1.82, 2.24) is 14.9 Å². The van der Waals surface area contributed by atoms with Crippen LogP contribution in [0.25, 0.3) is 10.9 Å². The molecule has 2 aliphatic rings. The van der Waals surface area contributed by atoms with E-state index in [9.17, 15) is 0 Å². The number of nitrogens with one attached hydrogen (secondary N) is 1. The fraction of sp³-hybridized carbons (Fsp3) is 0.500. The van der Waals surface area contributed by atoms with Gasteiger partial charge in [-0.1, -0.05) is 24.6 Å². The topological polar surface area (TPSA) is 55.9 Å². The van der Waals surface area contributed by atoms with Gasteiger partial charge in [-0.05, 0) is 92.9 Å². The summed E-state index contributed by atoms with van der Waals surface area (Å²) in [5.74, 6) is 2.20. The van der Waals surface area contributed by atoms with Gasteiger partial charge in [-0.2, -0.15) is 0 Å². The largest absolute Gasteiger partial charge is 0.344 e. The van der Waals surface area contributed by atoms with Gasteiger partial charge in [0.1, 0.15) is 0 Å². The Morgan fingerprint density at radius 2 is 1.90 bits per heavy atom. The molecule has 5 rings (SSSR count). The fourth-order valence-corrected chi connectivity index (χ4v) is 6.03. The second-order valence-corrected chi connectivity index (χ2v) is 9.27. The van der Waals surface area contributed by atoms with Gasteiger partial charge in [0.2, 0.25) is 0 Å². The Morgan fingerprint density at radius 3 is 2.65 bits per heavy atom. The minimum absolute atomic E-state index is 0. The molecule has 2 bridgehead atoms. The molecule has 2 aliphatic carbocycles. The van der Waals surface area contributed by atoms with Crippen LogP contribution in [0.5, 0.6) is 0 Å².